The number of halogens is 2. The predicted molar refractivity (Wildman–Crippen MR) is 64.3 cm³/mol. The van der Waals surface area contributed by atoms with E-state index in [0.29, 0.717) is 5.92 Å². The van der Waals surface area contributed by atoms with Gasteiger partial charge in [-0.1, -0.05) is 43.6 Å². The van der Waals surface area contributed by atoms with E-state index in [1.165, 1.54) is 5.56 Å². The first-order valence-corrected chi connectivity index (χ1v) is 5.84. The number of rotatable bonds is 4. The number of hydrogen-bond donors (Lipinski definition) is 0. The van der Waals surface area contributed by atoms with Crippen LogP contribution in [-0.2, 0) is 6.42 Å². The molecule has 0 radical (unpaired) electrons. The molecule has 0 spiro atoms. The van der Waals surface area contributed by atoms with Gasteiger partial charge in [-0.05, 0) is 30.4 Å². The fourth-order valence-electron chi connectivity index (χ4n) is 1.54. The van der Waals surface area contributed by atoms with Gasteiger partial charge in [0, 0.05) is 10.4 Å². The summed E-state index contributed by atoms with van der Waals surface area (Å²) < 4.78 is 0. The molecule has 2 heteroatoms. The summed E-state index contributed by atoms with van der Waals surface area (Å²) in [6.07, 6.45) is 1.97. The maximum atomic E-state index is 6.17. The highest BCUT2D eigenvalue weighted by atomic mass is 35.5. The third-order valence-electron chi connectivity index (χ3n) is 2.51. The topological polar surface area (TPSA) is 0 Å². The molecule has 78 valence electrons. The molecule has 0 aromatic heterocycles. The van der Waals surface area contributed by atoms with Crippen LogP contribution in [0.15, 0.2) is 24.3 Å². The van der Waals surface area contributed by atoms with Gasteiger partial charge in [0.2, 0.25) is 0 Å². The fourth-order valence-corrected chi connectivity index (χ4v) is 1.84. The quantitative estimate of drug-likeness (QED) is 0.667. The Morgan fingerprint density at radius 3 is 2.50 bits per heavy atom. The maximum Gasteiger partial charge on any atom is 0.0438 e. The molecule has 0 aliphatic rings. The minimum absolute atomic E-state index is 0.242. The Morgan fingerprint density at radius 1 is 1.29 bits per heavy atom. The molecule has 0 aliphatic carbocycles. The Hall–Kier alpha value is -0.200. The van der Waals surface area contributed by atoms with Crippen LogP contribution in [0.25, 0.3) is 0 Å². The Balaban J connectivity index is 2.64. The molecule has 0 heterocycles. The van der Waals surface area contributed by atoms with Crippen molar-refractivity contribution < 1.29 is 0 Å². The van der Waals surface area contributed by atoms with Crippen molar-refractivity contribution in [1.82, 2.24) is 0 Å². The van der Waals surface area contributed by atoms with Gasteiger partial charge in [-0.3, -0.25) is 0 Å². The Bertz CT molecular complexity index is 283. The third kappa shape index (κ3) is 3.18. The van der Waals surface area contributed by atoms with Crippen LogP contribution in [0.3, 0.4) is 0 Å². The van der Waals surface area contributed by atoms with E-state index in [1.807, 2.05) is 18.2 Å². The molecule has 0 aliphatic heterocycles. The zero-order valence-corrected chi connectivity index (χ0v) is 10.1. The van der Waals surface area contributed by atoms with Crippen LogP contribution >= 0.6 is 23.2 Å². The average molecular weight is 231 g/mol. The SMILES string of the molecule is CCC(Cl)C(C)Cc1ccccc1Cl. The molecule has 0 saturated heterocycles. The Labute approximate surface area is 96.2 Å². The van der Waals surface area contributed by atoms with Crippen molar-refractivity contribution in [3.8, 4) is 0 Å². The van der Waals surface area contributed by atoms with E-state index in [-0.39, 0.29) is 5.38 Å². The van der Waals surface area contributed by atoms with Gasteiger partial charge in [-0.15, -0.1) is 11.6 Å². The van der Waals surface area contributed by atoms with E-state index in [9.17, 15) is 0 Å². The molecule has 1 rings (SSSR count). The van der Waals surface area contributed by atoms with E-state index in [4.69, 9.17) is 23.2 Å². The Kier molecular flexibility index (Phi) is 4.77. The summed E-state index contributed by atoms with van der Waals surface area (Å²) in [6.45, 7) is 4.28. The van der Waals surface area contributed by atoms with E-state index >= 15 is 0 Å². The first-order chi connectivity index (χ1) is 6.65. The molecular formula is C12H16Cl2. The van der Waals surface area contributed by atoms with E-state index in [2.05, 4.69) is 19.9 Å². The molecule has 0 amide bonds. The van der Waals surface area contributed by atoms with Crippen molar-refractivity contribution in [3.63, 3.8) is 0 Å². The molecule has 2 atom stereocenters. The van der Waals surface area contributed by atoms with E-state index < -0.39 is 0 Å². The van der Waals surface area contributed by atoms with Gasteiger partial charge in [-0.25, -0.2) is 0 Å². The summed E-state index contributed by atoms with van der Waals surface area (Å²) in [5, 5.41) is 1.09. The summed E-state index contributed by atoms with van der Waals surface area (Å²) >= 11 is 12.2. The van der Waals surface area contributed by atoms with Gasteiger partial charge >= 0.3 is 0 Å². The molecule has 0 N–H and O–H groups in total. The monoisotopic (exact) mass is 230 g/mol. The largest absolute Gasteiger partial charge is 0.123 e. The van der Waals surface area contributed by atoms with Gasteiger partial charge in [0.1, 0.15) is 0 Å². The number of hydrogen-bond acceptors (Lipinski definition) is 0. The third-order valence-corrected chi connectivity index (χ3v) is 3.61. The summed E-state index contributed by atoms with van der Waals surface area (Å²) in [4.78, 5) is 0. The molecule has 14 heavy (non-hydrogen) atoms. The second-order valence-corrected chi connectivity index (χ2v) is 4.66. The zero-order chi connectivity index (χ0) is 10.6. The van der Waals surface area contributed by atoms with Gasteiger partial charge in [0.25, 0.3) is 0 Å². The smallest absolute Gasteiger partial charge is 0.0438 e. The minimum Gasteiger partial charge on any atom is -0.123 e. The van der Waals surface area contributed by atoms with Crippen LogP contribution in [0.2, 0.25) is 5.02 Å². The first kappa shape index (κ1) is 11.9. The van der Waals surface area contributed by atoms with Crippen LogP contribution in [-0.4, -0.2) is 5.38 Å². The summed E-state index contributed by atoms with van der Waals surface area (Å²) in [5.41, 5.74) is 1.20. The summed E-state index contributed by atoms with van der Waals surface area (Å²) in [5.74, 6) is 0.474. The lowest BCUT2D eigenvalue weighted by molar-refractivity contribution is 0.531. The molecule has 1 aromatic rings. The highest BCUT2D eigenvalue weighted by Gasteiger charge is 2.13. The molecular weight excluding hydrogens is 215 g/mol. The van der Waals surface area contributed by atoms with Crippen LogP contribution < -0.4 is 0 Å². The standard InChI is InChI=1S/C12H16Cl2/c1-3-11(13)9(2)8-10-6-4-5-7-12(10)14/h4-7,9,11H,3,8H2,1-2H3. The van der Waals surface area contributed by atoms with Crippen LogP contribution in [0.4, 0.5) is 0 Å². The lowest BCUT2D eigenvalue weighted by Gasteiger charge is -2.16. The predicted octanol–water partition coefficient (Wildman–Crippen LogP) is 4.54. The van der Waals surface area contributed by atoms with Gasteiger partial charge < -0.3 is 0 Å². The van der Waals surface area contributed by atoms with Crippen molar-refractivity contribution in [2.45, 2.75) is 32.1 Å². The second kappa shape index (κ2) is 5.63. The summed E-state index contributed by atoms with van der Waals surface area (Å²) in [7, 11) is 0. The minimum atomic E-state index is 0.242. The van der Waals surface area contributed by atoms with Crippen LogP contribution in [0.1, 0.15) is 25.8 Å². The molecule has 0 saturated carbocycles. The maximum absolute atomic E-state index is 6.17. The van der Waals surface area contributed by atoms with Crippen molar-refractivity contribution in [2.24, 2.45) is 5.92 Å². The van der Waals surface area contributed by atoms with Crippen molar-refractivity contribution in [2.75, 3.05) is 0 Å². The summed E-state index contributed by atoms with van der Waals surface area (Å²) in [6, 6.07) is 7.97. The Morgan fingerprint density at radius 2 is 1.93 bits per heavy atom. The zero-order valence-electron chi connectivity index (χ0n) is 8.63. The normalized spacial score (nSPS) is 15.1. The van der Waals surface area contributed by atoms with Gasteiger partial charge in [0.15, 0.2) is 0 Å². The fraction of sp³-hybridized carbons (Fsp3) is 0.500. The second-order valence-electron chi connectivity index (χ2n) is 3.70. The molecule has 0 nitrogen and oxygen atoms in total. The van der Waals surface area contributed by atoms with Crippen molar-refractivity contribution >= 4 is 23.2 Å². The molecule has 0 fully saturated rings. The van der Waals surface area contributed by atoms with Gasteiger partial charge in [-0.2, -0.15) is 0 Å². The lowest BCUT2D eigenvalue weighted by atomic mass is 9.96. The molecule has 2 unspecified atom stereocenters. The van der Waals surface area contributed by atoms with Crippen molar-refractivity contribution in [1.29, 1.82) is 0 Å². The average Bonchev–Trinajstić information content (AvgIpc) is 2.20. The number of alkyl halides is 1. The first-order valence-electron chi connectivity index (χ1n) is 5.02. The van der Waals surface area contributed by atoms with E-state index in [1.54, 1.807) is 0 Å². The molecule has 0 bridgehead atoms. The highest BCUT2D eigenvalue weighted by Crippen LogP contribution is 2.23. The van der Waals surface area contributed by atoms with Gasteiger partial charge in [0.05, 0.1) is 0 Å². The lowest BCUT2D eigenvalue weighted by Crippen LogP contribution is -2.13. The van der Waals surface area contributed by atoms with Crippen LogP contribution in [0, 0.1) is 5.92 Å². The highest BCUT2D eigenvalue weighted by molar-refractivity contribution is 6.31. The van der Waals surface area contributed by atoms with E-state index in [0.717, 1.165) is 17.9 Å². The van der Waals surface area contributed by atoms with Crippen molar-refractivity contribution in [3.05, 3.63) is 34.9 Å². The van der Waals surface area contributed by atoms with Crippen LogP contribution in [0.5, 0.6) is 0 Å². The molecule has 1 aromatic carbocycles. The number of benzene rings is 1.